The Balaban J connectivity index is 2.58. The zero-order valence-electron chi connectivity index (χ0n) is 7.40. The number of hydrogen-bond donors (Lipinski definition) is 0. The van der Waals surface area contributed by atoms with Crippen LogP contribution in [0.3, 0.4) is 0 Å². The fourth-order valence-electron chi connectivity index (χ4n) is 0.795. The third-order valence-electron chi connectivity index (χ3n) is 1.43. The minimum atomic E-state index is 0.539. The van der Waals surface area contributed by atoms with Crippen LogP contribution in [0, 0.1) is 0 Å². The molecule has 3 nitrogen and oxygen atoms in total. The molecule has 0 fully saturated rings. The van der Waals surface area contributed by atoms with Crippen molar-refractivity contribution in [2.45, 2.75) is 6.42 Å². The topological polar surface area (TPSA) is 35.0 Å². The van der Waals surface area contributed by atoms with Crippen LogP contribution in [-0.2, 0) is 0 Å². The largest absolute Gasteiger partial charge is 0.480 e. The number of ether oxygens (including phenoxy) is 1. The van der Waals surface area contributed by atoms with Crippen LogP contribution < -0.4 is 4.74 Å². The molecule has 13 heavy (non-hydrogen) atoms. The quantitative estimate of drug-likeness (QED) is 0.761. The van der Waals surface area contributed by atoms with Crippen molar-refractivity contribution in [3.8, 4) is 5.88 Å². The Hall–Kier alpha value is -0.900. The Labute approximate surface area is 86.0 Å². The number of hydrogen-bond acceptors (Lipinski definition) is 3. The van der Waals surface area contributed by atoms with Gasteiger partial charge in [-0.1, -0.05) is 22.0 Å². The van der Waals surface area contributed by atoms with Crippen LogP contribution in [0.2, 0.25) is 0 Å². The SMILES string of the molecule is COc1ccc(C=CCCBr)nn1. The Bertz CT molecular complexity index is 271. The summed E-state index contributed by atoms with van der Waals surface area (Å²) in [5.41, 5.74) is 0.849. The molecule has 0 spiro atoms. The number of rotatable bonds is 4. The van der Waals surface area contributed by atoms with E-state index in [-0.39, 0.29) is 0 Å². The van der Waals surface area contributed by atoms with Gasteiger partial charge in [0.15, 0.2) is 0 Å². The Morgan fingerprint density at radius 3 is 2.85 bits per heavy atom. The Kier molecular flexibility index (Phi) is 4.46. The maximum atomic E-state index is 4.89. The molecule has 0 saturated heterocycles. The lowest BCUT2D eigenvalue weighted by atomic mass is 10.3. The lowest BCUT2D eigenvalue weighted by Crippen LogP contribution is -1.91. The van der Waals surface area contributed by atoms with Gasteiger partial charge in [0.05, 0.1) is 12.8 Å². The molecule has 0 amide bonds. The molecular weight excluding hydrogens is 232 g/mol. The summed E-state index contributed by atoms with van der Waals surface area (Å²) >= 11 is 3.34. The van der Waals surface area contributed by atoms with Gasteiger partial charge < -0.3 is 4.74 Å². The van der Waals surface area contributed by atoms with Crippen molar-refractivity contribution in [1.29, 1.82) is 0 Å². The first-order chi connectivity index (χ1) is 6.36. The molecule has 0 atom stereocenters. The molecule has 0 aliphatic carbocycles. The first-order valence-electron chi connectivity index (χ1n) is 3.97. The van der Waals surface area contributed by atoms with Gasteiger partial charge in [0.2, 0.25) is 5.88 Å². The number of alkyl halides is 1. The van der Waals surface area contributed by atoms with Crippen LogP contribution in [0.5, 0.6) is 5.88 Å². The molecule has 0 saturated carbocycles. The summed E-state index contributed by atoms with van der Waals surface area (Å²) in [6, 6.07) is 3.66. The van der Waals surface area contributed by atoms with Crippen LogP contribution >= 0.6 is 15.9 Å². The fourth-order valence-corrected chi connectivity index (χ4v) is 1.06. The summed E-state index contributed by atoms with van der Waals surface area (Å²) in [5.74, 6) is 0.539. The van der Waals surface area contributed by atoms with Crippen LogP contribution in [-0.4, -0.2) is 22.6 Å². The molecule has 1 aromatic rings. The Morgan fingerprint density at radius 1 is 1.46 bits per heavy atom. The monoisotopic (exact) mass is 242 g/mol. The van der Waals surface area contributed by atoms with Gasteiger partial charge in [-0.05, 0) is 18.6 Å². The number of halogens is 1. The molecule has 0 aliphatic heterocycles. The van der Waals surface area contributed by atoms with E-state index >= 15 is 0 Å². The molecule has 0 aromatic carbocycles. The summed E-state index contributed by atoms with van der Waals surface area (Å²) in [7, 11) is 1.57. The molecule has 1 heterocycles. The maximum absolute atomic E-state index is 4.89. The van der Waals surface area contributed by atoms with Crippen molar-refractivity contribution in [2.24, 2.45) is 0 Å². The minimum absolute atomic E-state index is 0.539. The molecule has 0 unspecified atom stereocenters. The van der Waals surface area contributed by atoms with Gasteiger partial charge in [0.1, 0.15) is 0 Å². The van der Waals surface area contributed by atoms with E-state index in [9.17, 15) is 0 Å². The third kappa shape index (κ3) is 3.55. The van der Waals surface area contributed by atoms with E-state index in [1.165, 1.54) is 0 Å². The minimum Gasteiger partial charge on any atom is -0.480 e. The van der Waals surface area contributed by atoms with Crippen molar-refractivity contribution in [3.05, 3.63) is 23.9 Å². The molecule has 0 aliphatic rings. The molecule has 0 radical (unpaired) electrons. The number of methoxy groups -OCH3 is 1. The first kappa shape index (κ1) is 10.2. The predicted octanol–water partition coefficient (Wildman–Crippen LogP) is 2.28. The fraction of sp³-hybridized carbons (Fsp3) is 0.333. The smallest absolute Gasteiger partial charge is 0.233 e. The second kappa shape index (κ2) is 5.70. The van der Waals surface area contributed by atoms with Gasteiger partial charge in [0.25, 0.3) is 0 Å². The van der Waals surface area contributed by atoms with E-state index in [4.69, 9.17) is 4.74 Å². The van der Waals surface area contributed by atoms with Gasteiger partial charge in [-0.15, -0.1) is 10.2 Å². The molecule has 1 aromatic heterocycles. The number of allylic oxidation sites excluding steroid dienone is 1. The van der Waals surface area contributed by atoms with E-state index in [0.29, 0.717) is 5.88 Å². The van der Waals surface area contributed by atoms with Gasteiger partial charge in [-0.2, -0.15) is 0 Å². The Morgan fingerprint density at radius 2 is 2.31 bits per heavy atom. The highest BCUT2D eigenvalue weighted by Crippen LogP contribution is 2.05. The highest BCUT2D eigenvalue weighted by Gasteiger charge is 1.92. The molecule has 1 rings (SSSR count). The molecule has 0 bridgehead atoms. The van der Waals surface area contributed by atoms with Crippen LogP contribution in [0.1, 0.15) is 12.1 Å². The van der Waals surface area contributed by atoms with Gasteiger partial charge >= 0.3 is 0 Å². The van der Waals surface area contributed by atoms with Crippen molar-refractivity contribution >= 4 is 22.0 Å². The van der Waals surface area contributed by atoms with Crippen molar-refractivity contribution < 1.29 is 4.74 Å². The lowest BCUT2D eigenvalue weighted by molar-refractivity contribution is 0.392. The molecule has 70 valence electrons. The predicted molar refractivity (Wildman–Crippen MR) is 56.0 cm³/mol. The molecule has 4 heteroatoms. The maximum Gasteiger partial charge on any atom is 0.233 e. The summed E-state index contributed by atoms with van der Waals surface area (Å²) in [5, 5.41) is 8.75. The highest BCUT2D eigenvalue weighted by molar-refractivity contribution is 9.09. The van der Waals surface area contributed by atoms with E-state index < -0.39 is 0 Å². The van der Waals surface area contributed by atoms with E-state index in [1.807, 2.05) is 18.2 Å². The second-order valence-corrected chi connectivity index (χ2v) is 3.17. The van der Waals surface area contributed by atoms with Crippen LogP contribution in [0.4, 0.5) is 0 Å². The van der Waals surface area contributed by atoms with E-state index in [1.54, 1.807) is 13.2 Å². The zero-order valence-corrected chi connectivity index (χ0v) is 8.99. The zero-order chi connectivity index (χ0) is 9.52. The molecular formula is C9H11BrN2O. The average molecular weight is 243 g/mol. The molecule has 0 N–H and O–H groups in total. The first-order valence-corrected chi connectivity index (χ1v) is 5.09. The summed E-state index contributed by atoms with van der Waals surface area (Å²) in [6.45, 7) is 0. The van der Waals surface area contributed by atoms with Crippen LogP contribution in [0.25, 0.3) is 6.08 Å². The summed E-state index contributed by atoms with van der Waals surface area (Å²) in [4.78, 5) is 0. The van der Waals surface area contributed by atoms with Gasteiger partial charge in [-0.3, -0.25) is 0 Å². The lowest BCUT2D eigenvalue weighted by Gasteiger charge is -1.95. The number of nitrogens with zero attached hydrogens (tertiary/aromatic N) is 2. The van der Waals surface area contributed by atoms with Gasteiger partial charge in [0, 0.05) is 11.4 Å². The van der Waals surface area contributed by atoms with Gasteiger partial charge in [-0.25, -0.2) is 0 Å². The highest BCUT2D eigenvalue weighted by atomic mass is 79.9. The summed E-state index contributed by atoms with van der Waals surface area (Å²) < 4.78 is 4.89. The van der Waals surface area contributed by atoms with Crippen molar-refractivity contribution in [3.63, 3.8) is 0 Å². The standard InChI is InChI=1S/C9H11BrN2O/c1-13-9-6-5-8(11-12-9)4-2-3-7-10/h2,4-6H,3,7H2,1H3. The van der Waals surface area contributed by atoms with Crippen LogP contribution in [0.15, 0.2) is 18.2 Å². The van der Waals surface area contributed by atoms with E-state index in [0.717, 1.165) is 17.4 Å². The van der Waals surface area contributed by atoms with Crippen molar-refractivity contribution in [1.82, 2.24) is 10.2 Å². The normalized spacial score (nSPS) is 10.6. The second-order valence-electron chi connectivity index (χ2n) is 2.38. The third-order valence-corrected chi connectivity index (χ3v) is 1.89. The van der Waals surface area contributed by atoms with Crippen molar-refractivity contribution in [2.75, 3.05) is 12.4 Å². The number of aromatic nitrogens is 2. The summed E-state index contributed by atoms with van der Waals surface area (Å²) in [6.07, 6.45) is 4.98. The van der Waals surface area contributed by atoms with E-state index in [2.05, 4.69) is 26.1 Å². The average Bonchev–Trinajstić information content (AvgIpc) is 2.19.